The van der Waals surface area contributed by atoms with Crippen LogP contribution < -0.4 is 0 Å². The largest absolute Gasteiger partial charge is 0.450 e. The highest BCUT2D eigenvalue weighted by Gasteiger charge is 2.61. The number of fused-ring (bicyclic) bond motifs is 1. The highest BCUT2D eigenvalue weighted by Crippen LogP contribution is 2.57. The van der Waals surface area contributed by atoms with Gasteiger partial charge < -0.3 is 14.5 Å². The molecule has 0 aromatic rings. The molecule has 6 nitrogen and oxygen atoms in total. The van der Waals surface area contributed by atoms with Gasteiger partial charge >= 0.3 is 6.09 Å². The number of ether oxygens (including phenoxy) is 1. The fourth-order valence-electron chi connectivity index (χ4n) is 5.67. The standard InChI is InChI=1S/C19H31N3O3/c1-4-16(20-24-3)17-14-10-22(11-15(14)17)13-8-19(9-13)6-7-21(12-19)18(23)25-5-2/h13-15,17H,4-12H2,1-3H3/t13?,14-,15+,17?,19?. The first-order valence-corrected chi connectivity index (χ1v) is 9.86. The monoisotopic (exact) mass is 349 g/mol. The Bertz CT molecular complexity index is 546. The topological polar surface area (TPSA) is 54.4 Å². The molecule has 1 unspecified atom stereocenters. The maximum absolute atomic E-state index is 11.9. The first kappa shape index (κ1) is 17.1. The zero-order valence-electron chi connectivity index (χ0n) is 15.7. The Balaban J connectivity index is 1.24. The number of carbonyl (C=O) groups excluding carboxylic acids is 1. The van der Waals surface area contributed by atoms with E-state index in [0.29, 0.717) is 17.9 Å². The molecule has 0 N–H and O–H groups in total. The van der Waals surface area contributed by atoms with E-state index < -0.39 is 0 Å². The number of piperidine rings is 1. The summed E-state index contributed by atoms with van der Waals surface area (Å²) in [6, 6.07) is 0.722. The van der Waals surface area contributed by atoms with Crippen LogP contribution in [0, 0.1) is 23.2 Å². The van der Waals surface area contributed by atoms with Crippen molar-refractivity contribution < 1.29 is 14.4 Å². The fourth-order valence-corrected chi connectivity index (χ4v) is 5.67. The first-order chi connectivity index (χ1) is 12.1. The molecular weight excluding hydrogens is 318 g/mol. The van der Waals surface area contributed by atoms with Crippen molar-refractivity contribution in [2.45, 2.75) is 45.6 Å². The van der Waals surface area contributed by atoms with Crippen molar-refractivity contribution in [3.63, 3.8) is 0 Å². The Morgan fingerprint density at radius 1 is 1.24 bits per heavy atom. The molecule has 0 aromatic heterocycles. The van der Waals surface area contributed by atoms with Gasteiger partial charge in [-0.2, -0.15) is 0 Å². The Morgan fingerprint density at radius 3 is 2.56 bits per heavy atom. The predicted molar refractivity (Wildman–Crippen MR) is 95.4 cm³/mol. The molecule has 4 rings (SSSR count). The van der Waals surface area contributed by atoms with Crippen molar-refractivity contribution in [1.29, 1.82) is 0 Å². The van der Waals surface area contributed by atoms with Gasteiger partial charge in [0.2, 0.25) is 0 Å². The van der Waals surface area contributed by atoms with Crippen molar-refractivity contribution in [2.24, 2.45) is 28.3 Å². The summed E-state index contributed by atoms with van der Waals surface area (Å²) in [5.74, 6) is 2.26. The van der Waals surface area contributed by atoms with Crippen LogP contribution in [0.25, 0.3) is 0 Å². The van der Waals surface area contributed by atoms with Crippen LogP contribution in [0.2, 0.25) is 0 Å². The van der Waals surface area contributed by atoms with Crippen molar-refractivity contribution in [1.82, 2.24) is 9.80 Å². The molecule has 2 aliphatic carbocycles. The number of likely N-dealkylation sites (tertiary alicyclic amines) is 2. The molecular formula is C19H31N3O3. The van der Waals surface area contributed by atoms with Gasteiger partial charge in [-0.25, -0.2) is 4.79 Å². The number of rotatable bonds is 5. The van der Waals surface area contributed by atoms with Gasteiger partial charge in [0.15, 0.2) is 0 Å². The molecule has 2 saturated heterocycles. The Morgan fingerprint density at radius 2 is 1.96 bits per heavy atom. The summed E-state index contributed by atoms with van der Waals surface area (Å²) in [5, 5.41) is 4.24. The van der Waals surface area contributed by atoms with Crippen LogP contribution in [-0.4, -0.2) is 67.5 Å². The minimum absolute atomic E-state index is 0.127. The molecule has 2 heterocycles. The van der Waals surface area contributed by atoms with Crippen molar-refractivity contribution in [3.05, 3.63) is 0 Å². The van der Waals surface area contributed by atoms with E-state index in [1.54, 1.807) is 7.11 Å². The van der Waals surface area contributed by atoms with Gasteiger partial charge in [0.05, 0.1) is 12.3 Å². The van der Waals surface area contributed by atoms with Crippen LogP contribution >= 0.6 is 0 Å². The molecule has 4 aliphatic rings. The zero-order valence-corrected chi connectivity index (χ0v) is 15.7. The molecule has 3 atom stereocenters. The Labute approximate surface area is 150 Å². The molecule has 0 radical (unpaired) electrons. The van der Waals surface area contributed by atoms with Crippen molar-refractivity contribution >= 4 is 11.8 Å². The summed E-state index contributed by atoms with van der Waals surface area (Å²) in [6.07, 6.45) is 4.52. The van der Waals surface area contributed by atoms with Crippen molar-refractivity contribution in [2.75, 3.05) is 39.9 Å². The Hall–Kier alpha value is -1.30. The van der Waals surface area contributed by atoms with Crippen LogP contribution in [0.4, 0.5) is 4.79 Å². The summed E-state index contributed by atoms with van der Waals surface area (Å²) in [6.45, 7) is 8.72. The van der Waals surface area contributed by atoms with E-state index in [1.165, 1.54) is 31.6 Å². The molecule has 2 aliphatic heterocycles. The molecule has 25 heavy (non-hydrogen) atoms. The molecule has 0 aromatic carbocycles. The summed E-state index contributed by atoms with van der Waals surface area (Å²) >= 11 is 0. The molecule has 4 fully saturated rings. The third kappa shape index (κ3) is 2.92. The fraction of sp³-hybridized carbons (Fsp3) is 0.895. The zero-order chi connectivity index (χ0) is 17.6. The van der Waals surface area contributed by atoms with Crippen LogP contribution in [0.3, 0.4) is 0 Å². The Kier molecular flexibility index (Phi) is 4.42. The third-order valence-corrected chi connectivity index (χ3v) is 7.00. The maximum atomic E-state index is 11.9. The summed E-state index contributed by atoms with van der Waals surface area (Å²) in [5.41, 5.74) is 1.62. The van der Waals surface area contributed by atoms with E-state index in [2.05, 4.69) is 17.0 Å². The third-order valence-electron chi connectivity index (χ3n) is 7.00. The van der Waals surface area contributed by atoms with E-state index in [0.717, 1.165) is 43.8 Å². The minimum Gasteiger partial charge on any atom is -0.450 e. The second-order valence-corrected chi connectivity index (χ2v) is 8.36. The van der Waals surface area contributed by atoms with E-state index in [4.69, 9.17) is 9.57 Å². The SMILES string of the molecule is CCOC(=O)N1CCC2(CC(N3C[C@@H]4C(C(CC)=NOC)[C@@H]4C3)C2)C1. The second kappa shape index (κ2) is 6.45. The van der Waals surface area contributed by atoms with Gasteiger partial charge in [0.1, 0.15) is 7.11 Å². The molecule has 2 saturated carbocycles. The van der Waals surface area contributed by atoms with E-state index >= 15 is 0 Å². The van der Waals surface area contributed by atoms with E-state index in [9.17, 15) is 4.79 Å². The quantitative estimate of drug-likeness (QED) is 0.565. The summed E-state index contributed by atoms with van der Waals surface area (Å²) in [7, 11) is 1.65. The molecule has 140 valence electrons. The van der Waals surface area contributed by atoms with Crippen molar-refractivity contribution in [3.8, 4) is 0 Å². The lowest BCUT2D eigenvalue weighted by Crippen LogP contribution is -2.52. The highest BCUT2D eigenvalue weighted by molar-refractivity contribution is 5.89. The summed E-state index contributed by atoms with van der Waals surface area (Å²) in [4.78, 5) is 21.5. The maximum Gasteiger partial charge on any atom is 0.409 e. The van der Waals surface area contributed by atoms with Crippen LogP contribution in [-0.2, 0) is 9.57 Å². The number of hydrogen-bond acceptors (Lipinski definition) is 5. The number of hydrogen-bond donors (Lipinski definition) is 0. The van der Waals surface area contributed by atoms with Gasteiger partial charge in [-0.05, 0) is 49.9 Å². The summed E-state index contributed by atoms with van der Waals surface area (Å²) < 4.78 is 5.15. The van der Waals surface area contributed by atoms with Gasteiger partial charge in [0.25, 0.3) is 0 Å². The lowest BCUT2D eigenvalue weighted by Gasteiger charge is -2.49. The molecule has 0 bridgehead atoms. The number of carbonyl (C=O) groups is 1. The number of amides is 1. The lowest BCUT2D eigenvalue weighted by molar-refractivity contribution is 0.0115. The smallest absolute Gasteiger partial charge is 0.409 e. The van der Waals surface area contributed by atoms with Gasteiger partial charge in [-0.1, -0.05) is 12.1 Å². The average Bonchev–Trinajstić information content (AvgIpc) is 2.94. The lowest BCUT2D eigenvalue weighted by atomic mass is 9.64. The van der Waals surface area contributed by atoms with Crippen LogP contribution in [0.1, 0.15) is 39.5 Å². The van der Waals surface area contributed by atoms with Crippen LogP contribution in [0.5, 0.6) is 0 Å². The highest BCUT2D eigenvalue weighted by atomic mass is 16.6. The second-order valence-electron chi connectivity index (χ2n) is 8.36. The van der Waals surface area contributed by atoms with E-state index in [-0.39, 0.29) is 6.09 Å². The average molecular weight is 349 g/mol. The minimum atomic E-state index is -0.127. The van der Waals surface area contributed by atoms with Crippen LogP contribution in [0.15, 0.2) is 5.16 Å². The molecule has 6 heteroatoms. The molecule has 1 amide bonds. The number of nitrogens with zero attached hydrogens (tertiary/aromatic N) is 3. The molecule has 1 spiro atoms. The predicted octanol–water partition coefficient (Wildman–Crippen LogP) is 2.59. The van der Waals surface area contributed by atoms with E-state index in [1.807, 2.05) is 11.8 Å². The van der Waals surface area contributed by atoms with Gasteiger partial charge in [0, 0.05) is 38.1 Å². The van der Waals surface area contributed by atoms with Gasteiger partial charge in [-0.15, -0.1) is 0 Å². The first-order valence-electron chi connectivity index (χ1n) is 9.86. The van der Waals surface area contributed by atoms with Gasteiger partial charge in [-0.3, -0.25) is 4.90 Å². The number of oxime groups is 1. The normalized spacial score (nSPS) is 40.1.